The molecule has 0 radical (unpaired) electrons. The van der Waals surface area contributed by atoms with Gasteiger partial charge in [0.2, 0.25) is 21.8 Å². The number of sulfonamides is 1. The fraction of sp³-hybridized carbons (Fsp3) is 0.350. The van der Waals surface area contributed by atoms with Gasteiger partial charge in [-0.3, -0.25) is 4.79 Å². The van der Waals surface area contributed by atoms with Crippen molar-refractivity contribution in [2.75, 3.05) is 25.0 Å². The van der Waals surface area contributed by atoms with Crippen LogP contribution in [0.25, 0.3) is 0 Å². The monoisotopic (exact) mass is 468 g/mol. The highest BCUT2D eigenvalue weighted by Gasteiger charge is 2.32. The summed E-state index contributed by atoms with van der Waals surface area (Å²) in [5, 5.41) is 11.5. The Balaban J connectivity index is 1.53. The van der Waals surface area contributed by atoms with E-state index >= 15 is 0 Å². The molecule has 1 aromatic heterocycles. The first-order chi connectivity index (χ1) is 15.1. The van der Waals surface area contributed by atoms with Gasteiger partial charge in [-0.25, -0.2) is 13.4 Å². The molecule has 1 aliphatic rings. The molecule has 0 atom stereocenters. The predicted molar refractivity (Wildman–Crippen MR) is 107 cm³/mol. The van der Waals surface area contributed by atoms with Gasteiger partial charge in [0, 0.05) is 25.1 Å². The second-order valence-electron chi connectivity index (χ2n) is 7.09. The second-order valence-corrected chi connectivity index (χ2v) is 9.03. The number of benzene rings is 1. The van der Waals surface area contributed by atoms with Crippen LogP contribution in [0.1, 0.15) is 18.4 Å². The number of nitriles is 1. The average molecular weight is 468 g/mol. The van der Waals surface area contributed by atoms with Crippen LogP contribution in [0.4, 0.5) is 18.9 Å². The SMILES string of the molecule is N#Cc1ccc(S(=O)(=O)N2CCC(C(=O)Nc3ccc(OCC(F)(F)F)nc3)CC2)cc1. The molecule has 8 nitrogen and oxygen atoms in total. The molecule has 3 rings (SSSR count). The third-order valence-corrected chi connectivity index (χ3v) is 6.75. The van der Waals surface area contributed by atoms with Gasteiger partial charge in [-0.2, -0.15) is 22.7 Å². The van der Waals surface area contributed by atoms with E-state index in [0.717, 1.165) is 0 Å². The van der Waals surface area contributed by atoms with Crippen LogP contribution in [0.3, 0.4) is 0 Å². The molecule has 2 heterocycles. The van der Waals surface area contributed by atoms with E-state index in [-0.39, 0.29) is 29.8 Å². The van der Waals surface area contributed by atoms with Crippen molar-refractivity contribution < 1.29 is 31.1 Å². The number of anilines is 1. The minimum atomic E-state index is -4.48. The number of carbonyl (C=O) groups excluding carboxylic acids is 1. The highest BCUT2D eigenvalue weighted by atomic mass is 32.2. The number of piperidine rings is 1. The Morgan fingerprint density at radius 2 is 1.84 bits per heavy atom. The van der Waals surface area contributed by atoms with Gasteiger partial charge in [-0.1, -0.05) is 0 Å². The van der Waals surface area contributed by atoms with Crippen molar-refractivity contribution in [2.24, 2.45) is 5.92 Å². The highest BCUT2D eigenvalue weighted by molar-refractivity contribution is 7.89. The van der Waals surface area contributed by atoms with E-state index in [0.29, 0.717) is 24.1 Å². The zero-order valence-corrected chi connectivity index (χ0v) is 17.5. The molecular formula is C20H19F3N4O4S. The van der Waals surface area contributed by atoms with Gasteiger partial charge in [0.25, 0.3) is 0 Å². The van der Waals surface area contributed by atoms with E-state index in [1.807, 2.05) is 6.07 Å². The van der Waals surface area contributed by atoms with E-state index in [4.69, 9.17) is 5.26 Å². The lowest BCUT2D eigenvalue weighted by Gasteiger charge is -2.30. The summed E-state index contributed by atoms with van der Waals surface area (Å²) >= 11 is 0. The number of rotatable bonds is 6. The number of nitrogens with zero attached hydrogens (tertiary/aromatic N) is 3. The normalized spacial score (nSPS) is 15.7. The van der Waals surface area contributed by atoms with Crippen LogP contribution < -0.4 is 10.1 Å². The van der Waals surface area contributed by atoms with Crippen LogP contribution in [-0.2, 0) is 14.8 Å². The average Bonchev–Trinajstić information content (AvgIpc) is 2.78. The first-order valence-electron chi connectivity index (χ1n) is 9.55. The number of pyridine rings is 1. The first kappa shape index (κ1) is 23.5. The number of alkyl halides is 3. The third kappa shape index (κ3) is 5.95. The molecular weight excluding hydrogens is 449 g/mol. The Morgan fingerprint density at radius 1 is 1.19 bits per heavy atom. The summed E-state index contributed by atoms with van der Waals surface area (Å²) in [5.74, 6) is -0.976. The molecule has 0 aliphatic carbocycles. The maximum Gasteiger partial charge on any atom is 0.422 e. The summed E-state index contributed by atoms with van der Waals surface area (Å²) in [6.45, 7) is -1.15. The molecule has 0 saturated carbocycles. The summed E-state index contributed by atoms with van der Waals surface area (Å²) in [4.78, 5) is 16.3. The molecule has 0 bridgehead atoms. The van der Waals surface area contributed by atoms with Crippen LogP contribution in [0.5, 0.6) is 5.88 Å². The van der Waals surface area contributed by atoms with Gasteiger partial charge in [0.15, 0.2) is 6.61 Å². The third-order valence-electron chi connectivity index (χ3n) is 4.83. The van der Waals surface area contributed by atoms with E-state index in [9.17, 15) is 26.4 Å². The van der Waals surface area contributed by atoms with E-state index < -0.39 is 28.7 Å². The standard InChI is InChI=1S/C20H19F3N4O4S/c21-20(22,23)13-31-18-6-3-16(12-25-18)26-19(28)15-7-9-27(10-8-15)32(29,30)17-4-1-14(11-24)2-5-17/h1-6,12,15H,7-10,13H2,(H,26,28). The number of ether oxygens (including phenoxy) is 1. The van der Waals surface area contributed by atoms with Gasteiger partial charge in [-0.15, -0.1) is 0 Å². The lowest BCUT2D eigenvalue weighted by atomic mass is 9.97. The van der Waals surface area contributed by atoms with Crippen LogP contribution in [0.2, 0.25) is 0 Å². The van der Waals surface area contributed by atoms with Crippen molar-refractivity contribution in [1.82, 2.24) is 9.29 Å². The van der Waals surface area contributed by atoms with Crippen LogP contribution in [0, 0.1) is 17.2 Å². The molecule has 1 N–H and O–H groups in total. The number of hydrogen-bond donors (Lipinski definition) is 1. The number of nitrogens with one attached hydrogen (secondary N) is 1. The zero-order valence-electron chi connectivity index (χ0n) is 16.7. The van der Waals surface area contributed by atoms with E-state index in [1.165, 1.54) is 46.9 Å². The van der Waals surface area contributed by atoms with E-state index in [1.54, 1.807) is 0 Å². The minimum Gasteiger partial charge on any atom is -0.468 e. The Kier molecular flexibility index (Phi) is 7.00. The van der Waals surface area contributed by atoms with Gasteiger partial charge in [-0.05, 0) is 43.2 Å². The summed E-state index contributed by atoms with van der Waals surface area (Å²) in [6, 6.07) is 10.1. The van der Waals surface area contributed by atoms with Gasteiger partial charge in [0.05, 0.1) is 28.4 Å². The van der Waals surface area contributed by atoms with Gasteiger partial charge < -0.3 is 10.1 Å². The fourth-order valence-corrected chi connectivity index (χ4v) is 4.62. The van der Waals surface area contributed by atoms with Crippen molar-refractivity contribution in [1.29, 1.82) is 5.26 Å². The van der Waals surface area contributed by atoms with Crippen molar-refractivity contribution >= 4 is 21.6 Å². The Labute approximate surface area is 182 Å². The number of halogens is 3. The Bertz CT molecular complexity index is 1090. The summed E-state index contributed by atoms with van der Waals surface area (Å²) in [7, 11) is -3.73. The molecule has 1 fully saturated rings. The summed E-state index contributed by atoms with van der Waals surface area (Å²) < 4.78 is 67.8. The quantitative estimate of drug-likeness (QED) is 0.698. The zero-order chi connectivity index (χ0) is 23.4. The number of carbonyl (C=O) groups is 1. The summed E-state index contributed by atoms with van der Waals surface area (Å²) in [5.41, 5.74) is 0.649. The summed E-state index contributed by atoms with van der Waals surface area (Å²) in [6.07, 6.45) is -2.67. The molecule has 1 aliphatic heterocycles. The second kappa shape index (κ2) is 9.54. The van der Waals surface area contributed by atoms with Crippen LogP contribution in [0.15, 0.2) is 47.5 Å². The Hall–Kier alpha value is -3.17. The molecule has 0 spiro atoms. The van der Waals surface area contributed by atoms with E-state index in [2.05, 4.69) is 15.0 Å². The fourth-order valence-electron chi connectivity index (χ4n) is 3.15. The van der Waals surface area contributed by atoms with Crippen LogP contribution >= 0.6 is 0 Å². The maximum absolute atomic E-state index is 12.8. The van der Waals surface area contributed by atoms with Crippen molar-refractivity contribution in [3.63, 3.8) is 0 Å². The predicted octanol–water partition coefficient (Wildman–Crippen LogP) is 2.93. The molecule has 0 unspecified atom stereocenters. The smallest absolute Gasteiger partial charge is 0.422 e. The number of aromatic nitrogens is 1. The van der Waals surface area contributed by atoms with Crippen molar-refractivity contribution in [3.05, 3.63) is 48.2 Å². The lowest BCUT2D eigenvalue weighted by Crippen LogP contribution is -2.41. The molecule has 1 saturated heterocycles. The molecule has 32 heavy (non-hydrogen) atoms. The molecule has 1 aromatic carbocycles. The van der Waals surface area contributed by atoms with Gasteiger partial charge >= 0.3 is 6.18 Å². The molecule has 170 valence electrons. The largest absolute Gasteiger partial charge is 0.468 e. The highest BCUT2D eigenvalue weighted by Crippen LogP contribution is 2.25. The van der Waals surface area contributed by atoms with Crippen LogP contribution in [-0.4, -0.2) is 49.5 Å². The van der Waals surface area contributed by atoms with Crippen molar-refractivity contribution in [3.8, 4) is 11.9 Å². The number of amides is 1. The maximum atomic E-state index is 12.8. The molecule has 2 aromatic rings. The van der Waals surface area contributed by atoms with Crippen molar-refractivity contribution in [2.45, 2.75) is 23.9 Å². The van der Waals surface area contributed by atoms with Gasteiger partial charge in [0.1, 0.15) is 0 Å². The lowest BCUT2D eigenvalue weighted by molar-refractivity contribution is -0.154. The first-order valence-corrected chi connectivity index (χ1v) is 11.0. The topological polar surface area (TPSA) is 112 Å². The Morgan fingerprint density at radius 3 is 2.38 bits per heavy atom. The minimum absolute atomic E-state index is 0.0818. The molecule has 12 heteroatoms. The molecule has 1 amide bonds. The number of hydrogen-bond acceptors (Lipinski definition) is 6.